The zero-order valence-corrected chi connectivity index (χ0v) is 9.62. The molecule has 0 saturated heterocycles. The molecule has 3 aliphatic carbocycles. The van der Waals surface area contributed by atoms with Gasteiger partial charge in [0, 0.05) is 0 Å². The third-order valence-electron chi connectivity index (χ3n) is 4.53. The molecular weight excluding hydrogens is 240 g/mol. The van der Waals surface area contributed by atoms with E-state index in [9.17, 15) is 13.6 Å². The lowest BCUT2D eigenvalue weighted by atomic mass is 9.31. The van der Waals surface area contributed by atoms with Crippen LogP contribution in [0.4, 0.5) is 8.78 Å². The van der Waals surface area contributed by atoms with Crippen molar-refractivity contribution < 1.29 is 18.7 Å². The van der Waals surface area contributed by atoms with Crippen LogP contribution in [0, 0.1) is 17.0 Å². The number of carboxylic acid groups (broad SMARTS) is 1. The van der Waals surface area contributed by atoms with Crippen LogP contribution < -0.4 is 5.73 Å². The number of nitrogens with two attached hydrogens (primary N) is 1. The summed E-state index contributed by atoms with van der Waals surface area (Å²) < 4.78 is 26.0. The summed E-state index contributed by atoms with van der Waals surface area (Å²) in [5.74, 6) is -2.70. The molecule has 1 aromatic carbocycles. The number of hydrogen-bond acceptors (Lipinski definition) is 2. The Hall–Kier alpha value is -1.49. The lowest BCUT2D eigenvalue weighted by Crippen LogP contribution is -2.72. The quantitative estimate of drug-likeness (QED) is 0.863. The Morgan fingerprint density at radius 2 is 1.89 bits per heavy atom. The van der Waals surface area contributed by atoms with Crippen LogP contribution in [0.25, 0.3) is 0 Å². The highest BCUT2D eigenvalue weighted by molar-refractivity contribution is 5.75. The lowest BCUT2D eigenvalue weighted by molar-refractivity contribution is -0.178. The van der Waals surface area contributed by atoms with Crippen molar-refractivity contribution in [3.05, 3.63) is 35.4 Å². The van der Waals surface area contributed by atoms with Crippen molar-refractivity contribution in [2.45, 2.75) is 30.7 Å². The summed E-state index contributed by atoms with van der Waals surface area (Å²) in [5, 5.41) is 8.91. The molecule has 5 heteroatoms. The summed E-state index contributed by atoms with van der Waals surface area (Å²) in [7, 11) is 0. The number of benzene rings is 1. The Morgan fingerprint density at radius 3 is 2.39 bits per heavy atom. The van der Waals surface area contributed by atoms with Gasteiger partial charge in [0.2, 0.25) is 0 Å². The van der Waals surface area contributed by atoms with E-state index in [0.717, 1.165) is 11.6 Å². The smallest absolute Gasteiger partial charge is 0.321 e. The van der Waals surface area contributed by atoms with Gasteiger partial charge in [0.1, 0.15) is 6.04 Å². The number of rotatable bonds is 3. The van der Waals surface area contributed by atoms with Crippen molar-refractivity contribution in [2.75, 3.05) is 0 Å². The number of carboxylic acids is 1. The molecule has 0 amide bonds. The molecule has 1 atom stereocenters. The number of halogens is 2. The zero-order chi connectivity index (χ0) is 13.1. The minimum Gasteiger partial charge on any atom is -0.480 e. The topological polar surface area (TPSA) is 63.3 Å². The zero-order valence-electron chi connectivity index (χ0n) is 9.62. The molecule has 3 N–H and O–H groups in total. The van der Waals surface area contributed by atoms with E-state index in [1.165, 1.54) is 6.07 Å². The van der Waals surface area contributed by atoms with Gasteiger partial charge in [-0.15, -0.1) is 0 Å². The van der Waals surface area contributed by atoms with E-state index in [-0.39, 0.29) is 10.8 Å². The first kappa shape index (κ1) is 11.6. The summed E-state index contributed by atoms with van der Waals surface area (Å²) in [6.45, 7) is 0. The molecule has 1 unspecified atom stereocenters. The van der Waals surface area contributed by atoms with E-state index in [4.69, 9.17) is 10.8 Å². The molecule has 0 heterocycles. The summed E-state index contributed by atoms with van der Waals surface area (Å²) in [6, 6.07) is 3.05. The van der Waals surface area contributed by atoms with Gasteiger partial charge in [0.25, 0.3) is 0 Å². The Morgan fingerprint density at radius 1 is 1.28 bits per heavy atom. The van der Waals surface area contributed by atoms with Crippen molar-refractivity contribution in [1.29, 1.82) is 0 Å². The monoisotopic (exact) mass is 253 g/mol. The maximum atomic E-state index is 13.2. The minimum atomic E-state index is -0.992. The van der Waals surface area contributed by atoms with E-state index < -0.39 is 23.6 Å². The SMILES string of the molecule is NC(C(=O)O)C12CC(c3ccc(F)c(F)c3)(C1)C2. The maximum absolute atomic E-state index is 13.2. The third kappa shape index (κ3) is 1.28. The maximum Gasteiger partial charge on any atom is 0.321 e. The van der Waals surface area contributed by atoms with Crippen molar-refractivity contribution >= 4 is 5.97 Å². The Kier molecular flexibility index (Phi) is 2.12. The molecule has 1 aromatic rings. The van der Waals surface area contributed by atoms with Crippen molar-refractivity contribution in [3.8, 4) is 0 Å². The predicted octanol–water partition coefficient (Wildman–Crippen LogP) is 1.80. The fourth-order valence-corrected chi connectivity index (χ4v) is 3.59. The van der Waals surface area contributed by atoms with Crippen LogP contribution in [-0.4, -0.2) is 17.1 Å². The van der Waals surface area contributed by atoms with E-state index in [1.807, 2.05) is 0 Å². The minimum absolute atomic E-state index is 0.179. The summed E-state index contributed by atoms with van der Waals surface area (Å²) in [4.78, 5) is 10.9. The van der Waals surface area contributed by atoms with Gasteiger partial charge in [0.15, 0.2) is 11.6 Å². The third-order valence-corrected chi connectivity index (χ3v) is 4.53. The summed E-state index contributed by atoms with van der Waals surface area (Å²) in [6.07, 6.45) is 1.95. The van der Waals surface area contributed by atoms with Crippen LogP contribution in [0.5, 0.6) is 0 Å². The molecule has 4 rings (SSSR count). The second kappa shape index (κ2) is 3.29. The van der Waals surface area contributed by atoms with Gasteiger partial charge in [-0.25, -0.2) is 8.78 Å². The average Bonchev–Trinajstić information content (AvgIpc) is 2.19. The molecule has 3 fully saturated rings. The van der Waals surface area contributed by atoms with Crippen LogP contribution in [0.1, 0.15) is 24.8 Å². The molecule has 0 radical (unpaired) electrons. The first-order valence-corrected chi connectivity index (χ1v) is 5.83. The van der Waals surface area contributed by atoms with Crippen molar-refractivity contribution in [3.63, 3.8) is 0 Å². The highest BCUT2D eigenvalue weighted by Crippen LogP contribution is 2.74. The fraction of sp³-hybridized carbons (Fsp3) is 0.462. The Bertz CT molecular complexity index is 524. The van der Waals surface area contributed by atoms with Gasteiger partial charge in [-0.2, -0.15) is 0 Å². The van der Waals surface area contributed by atoms with Gasteiger partial charge in [-0.3, -0.25) is 4.79 Å². The molecule has 0 aliphatic heterocycles. The first-order chi connectivity index (χ1) is 8.39. The number of hydrogen-bond donors (Lipinski definition) is 2. The molecule has 0 spiro atoms. The standard InChI is InChI=1S/C13H13F2NO2/c14-8-2-1-7(3-9(8)15)12-4-13(5-12,6-12)10(16)11(17)18/h1-3,10H,4-6,16H2,(H,17,18). The van der Waals surface area contributed by atoms with Gasteiger partial charge in [-0.1, -0.05) is 6.07 Å². The van der Waals surface area contributed by atoms with Crippen LogP contribution in [0.15, 0.2) is 18.2 Å². The van der Waals surface area contributed by atoms with Crippen LogP contribution in [0.3, 0.4) is 0 Å². The first-order valence-electron chi connectivity index (χ1n) is 5.83. The molecular formula is C13H13F2NO2. The molecule has 3 nitrogen and oxygen atoms in total. The van der Waals surface area contributed by atoms with Crippen LogP contribution in [-0.2, 0) is 10.2 Å². The van der Waals surface area contributed by atoms with E-state index in [0.29, 0.717) is 19.3 Å². The van der Waals surface area contributed by atoms with Crippen molar-refractivity contribution in [2.24, 2.45) is 11.1 Å². The largest absolute Gasteiger partial charge is 0.480 e. The molecule has 2 bridgehead atoms. The van der Waals surface area contributed by atoms with E-state index in [2.05, 4.69) is 0 Å². The Balaban J connectivity index is 1.80. The van der Waals surface area contributed by atoms with Crippen LogP contribution in [0.2, 0.25) is 0 Å². The average molecular weight is 253 g/mol. The van der Waals surface area contributed by atoms with Crippen LogP contribution >= 0.6 is 0 Å². The van der Waals surface area contributed by atoms with E-state index >= 15 is 0 Å². The highest BCUT2D eigenvalue weighted by atomic mass is 19.2. The molecule has 0 aromatic heterocycles. The molecule has 96 valence electrons. The lowest BCUT2D eigenvalue weighted by Gasteiger charge is -2.72. The predicted molar refractivity (Wildman–Crippen MR) is 59.9 cm³/mol. The van der Waals surface area contributed by atoms with E-state index in [1.54, 1.807) is 6.07 Å². The second-order valence-corrected chi connectivity index (χ2v) is 5.62. The normalized spacial score (nSPS) is 34.4. The molecule has 18 heavy (non-hydrogen) atoms. The second-order valence-electron chi connectivity index (χ2n) is 5.62. The fourth-order valence-electron chi connectivity index (χ4n) is 3.59. The Labute approximate surface area is 103 Å². The van der Waals surface area contributed by atoms with Gasteiger partial charge < -0.3 is 10.8 Å². The molecule has 3 aliphatic rings. The van der Waals surface area contributed by atoms with Crippen molar-refractivity contribution in [1.82, 2.24) is 0 Å². The number of aliphatic carboxylic acids is 1. The highest BCUT2D eigenvalue weighted by Gasteiger charge is 2.71. The summed E-state index contributed by atoms with van der Waals surface area (Å²) in [5.41, 5.74) is 5.89. The summed E-state index contributed by atoms with van der Waals surface area (Å²) >= 11 is 0. The molecule has 3 saturated carbocycles. The number of carbonyl (C=O) groups is 1. The van der Waals surface area contributed by atoms with Gasteiger partial charge in [-0.05, 0) is 47.8 Å². The van der Waals surface area contributed by atoms with Gasteiger partial charge >= 0.3 is 5.97 Å². The van der Waals surface area contributed by atoms with Gasteiger partial charge in [0.05, 0.1) is 0 Å².